The number of ether oxygens (including phenoxy) is 1. The molecule has 2 aromatic rings. The summed E-state index contributed by atoms with van der Waals surface area (Å²) in [6.07, 6.45) is 2.35. The minimum Gasteiger partial charge on any atom is -0.378 e. The van der Waals surface area contributed by atoms with Gasteiger partial charge in [-0.2, -0.15) is 0 Å². The van der Waals surface area contributed by atoms with Gasteiger partial charge in [0.05, 0.1) is 6.10 Å². The number of fused-ring (bicyclic) bond motifs is 2. The van der Waals surface area contributed by atoms with E-state index < -0.39 is 0 Å². The minimum atomic E-state index is -0.0485. The summed E-state index contributed by atoms with van der Waals surface area (Å²) in [5.41, 5.74) is 1.51. The Kier molecular flexibility index (Phi) is 2.75. The number of benzene rings is 1. The number of H-pyrrole nitrogens is 1. The summed E-state index contributed by atoms with van der Waals surface area (Å²) in [5.74, 6) is 0.449. The smallest absolute Gasteiger partial charge is 0.267 e. The van der Waals surface area contributed by atoms with E-state index in [2.05, 4.69) is 10.3 Å². The van der Waals surface area contributed by atoms with E-state index >= 15 is 0 Å². The first kappa shape index (κ1) is 12.2. The van der Waals surface area contributed by atoms with E-state index in [-0.39, 0.29) is 11.9 Å². The van der Waals surface area contributed by atoms with Gasteiger partial charge in [-0.15, -0.1) is 0 Å². The maximum Gasteiger partial charge on any atom is 0.267 e. The van der Waals surface area contributed by atoms with Crippen molar-refractivity contribution >= 4 is 28.4 Å². The van der Waals surface area contributed by atoms with Crippen molar-refractivity contribution in [3.8, 4) is 0 Å². The molecule has 1 aromatic carbocycles. The summed E-state index contributed by atoms with van der Waals surface area (Å²) in [7, 11) is 0. The van der Waals surface area contributed by atoms with Crippen LogP contribution in [0.1, 0.15) is 23.3 Å². The molecule has 1 aliphatic carbocycles. The van der Waals surface area contributed by atoms with Crippen LogP contribution in [-0.2, 0) is 4.74 Å². The van der Waals surface area contributed by atoms with E-state index in [1.165, 1.54) is 0 Å². The van der Waals surface area contributed by atoms with Gasteiger partial charge in [0.15, 0.2) is 0 Å². The molecule has 2 heterocycles. The monoisotopic (exact) mass is 290 g/mol. The second kappa shape index (κ2) is 4.50. The van der Waals surface area contributed by atoms with Gasteiger partial charge in [-0.25, -0.2) is 0 Å². The molecular weight excluding hydrogens is 276 g/mol. The van der Waals surface area contributed by atoms with Gasteiger partial charge in [-0.05, 0) is 37.1 Å². The summed E-state index contributed by atoms with van der Waals surface area (Å²) in [6.45, 7) is 0.826. The van der Waals surface area contributed by atoms with Crippen molar-refractivity contribution in [1.29, 1.82) is 0 Å². The molecule has 104 valence electrons. The molecule has 3 atom stereocenters. The second-order valence-electron chi connectivity index (χ2n) is 5.59. The summed E-state index contributed by atoms with van der Waals surface area (Å²) < 4.78 is 5.56. The third-order valence-corrected chi connectivity index (χ3v) is 4.64. The Bertz CT molecular complexity index is 682. The molecule has 0 bridgehead atoms. The van der Waals surface area contributed by atoms with Crippen LogP contribution in [0.5, 0.6) is 0 Å². The third-order valence-electron chi connectivity index (χ3n) is 4.41. The fourth-order valence-corrected chi connectivity index (χ4v) is 3.42. The summed E-state index contributed by atoms with van der Waals surface area (Å²) >= 11 is 5.96. The maximum absolute atomic E-state index is 12.3. The average molecular weight is 291 g/mol. The van der Waals surface area contributed by atoms with Crippen LogP contribution in [0, 0.1) is 5.92 Å². The van der Waals surface area contributed by atoms with Gasteiger partial charge in [-0.1, -0.05) is 11.6 Å². The van der Waals surface area contributed by atoms with Crippen LogP contribution in [-0.4, -0.2) is 29.6 Å². The predicted molar refractivity (Wildman–Crippen MR) is 77.0 cm³/mol. The average Bonchev–Trinajstić information content (AvgIpc) is 2.98. The lowest BCUT2D eigenvalue weighted by atomic mass is 9.76. The molecule has 1 saturated heterocycles. The highest BCUT2D eigenvalue weighted by Crippen LogP contribution is 2.38. The first-order valence-electron chi connectivity index (χ1n) is 6.91. The van der Waals surface area contributed by atoms with E-state index in [4.69, 9.17) is 16.3 Å². The van der Waals surface area contributed by atoms with Crippen LogP contribution in [0.3, 0.4) is 0 Å². The van der Waals surface area contributed by atoms with E-state index in [0.29, 0.717) is 22.7 Å². The summed E-state index contributed by atoms with van der Waals surface area (Å²) in [6, 6.07) is 7.66. The van der Waals surface area contributed by atoms with Gasteiger partial charge in [0.1, 0.15) is 5.69 Å². The number of rotatable bonds is 2. The van der Waals surface area contributed by atoms with Gasteiger partial charge >= 0.3 is 0 Å². The fourth-order valence-electron chi connectivity index (χ4n) is 3.24. The summed E-state index contributed by atoms with van der Waals surface area (Å²) in [4.78, 5) is 15.4. The lowest BCUT2D eigenvalue weighted by molar-refractivity contribution is 0.00804. The third kappa shape index (κ3) is 1.91. The molecule has 20 heavy (non-hydrogen) atoms. The lowest BCUT2D eigenvalue weighted by Gasteiger charge is -2.39. The molecule has 2 N–H and O–H groups in total. The number of hydrogen-bond donors (Lipinski definition) is 2. The van der Waals surface area contributed by atoms with Crippen molar-refractivity contribution in [2.75, 3.05) is 6.61 Å². The van der Waals surface area contributed by atoms with Gasteiger partial charge in [0.2, 0.25) is 0 Å². The summed E-state index contributed by atoms with van der Waals surface area (Å²) in [5, 5.41) is 4.73. The SMILES string of the molecule is O=C(N[C@@H]1C[C@H]2OCC[C@@H]12)c1cc2cc(Cl)ccc2[nH]1. The Morgan fingerprint density at radius 3 is 3.15 bits per heavy atom. The number of carbonyl (C=O) groups excluding carboxylic acids is 1. The molecule has 0 unspecified atom stereocenters. The Morgan fingerprint density at radius 1 is 1.40 bits per heavy atom. The van der Waals surface area contributed by atoms with Crippen molar-refractivity contribution in [3.63, 3.8) is 0 Å². The van der Waals surface area contributed by atoms with E-state index in [9.17, 15) is 4.79 Å². The number of amides is 1. The first-order chi connectivity index (χ1) is 9.70. The molecule has 0 radical (unpaired) electrons. The normalized spacial score (nSPS) is 28.1. The number of nitrogens with one attached hydrogen (secondary N) is 2. The molecule has 4 rings (SSSR count). The zero-order chi connectivity index (χ0) is 13.7. The van der Waals surface area contributed by atoms with Gasteiger partial charge in [0, 0.05) is 34.5 Å². The number of aromatic amines is 1. The predicted octanol–water partition coefficient (Wildman–Crippen LogP) is 2.73. The Hall–Kier alpha value is -1.52. The standard InChI is InChI=1S/C15H15ClN2O2/c16-9-1-2-11-8(5-9)6-13(17-11)15(19)18-12-7-14-10(12)3-4-20-14/h1-2,5-6,10,12,14,17H,3-4,7H2,(H,18,19)/t10-,12+,14+/m0/s1. The molecular formula is C15H15ClN2O2. The zero-order valence-corrected chi connectivity index (χ0v) is 11.6. The number of halogens is 1. The van der Waals surface area contributed by atoms with Crippen molar-refractivity contribution in [1.82, 2.24) is 10.3 Å². The maximum atomic E-state index is 12.3. The molecule has 0 spiro atoms. The Balaban J connectivity index is 1.52. The lowest BCUT2D eigenvalue weighted by Crippen LogP contribution is -2.53. The van der Waals surface area contributed by atoms with E-state index in [1.807, 2.05) is 24.3 Å². The molecule has 4 nitrogen and oxygen atoms in total. The van der Waals surface area contributed by atoms with Crippen LogP contribution in [0.2, 0.25) is 5.02 Å². The van der Waals surface area contributed by atoms with Crippen molar-refractivity contribution in [2.24, 2.45) is 5.92 Å². The molecule has 1 saturated carbocycles. The van der Waals surface area contributed by atoms with Crippen molar-refractivity contribution < 1.29 is 9.53 Å². The van der Waals surface area contributed by atoms with Crippen molar-refractivity contribution in [2.45, 2.75) is 25.0 Å². The minimum absolute atomic E-state index is 0.0485. The Morgan fingerprint density at radius 2 is 2.30 bits per heavy atom. The zero-order valence-electron chi connectivity index (χ0n) is 10.9. The topological polar surface area (TPSA) is 54.1 Å². The second-order valence-corrected chi connectivity index (χ2v) is 6.03. The quantitative estimate of drug-likeness (QED) is 0.893. The van der Waals surface area contributed by atoms with Gasteiger partial charge in [0.25, 0.3) is 5.91 Å². The van der Waals surface area contributed by atoms with Crippen LogP contribution in [0.4, 0.5) is 0 Å². The number of aromatic nitrogens is 1. The van der Waals surface area contributed by atoms with Crippen molar-refractivity contribution in [3.05, 3.63) is 35.0 Å². The molecule has 1 aromatic heterocycles. The van der Waals surface area contributed by atoms with Gasteiger partial charge < -0.3 is 15.0 Å². The number of hydrogen-bond acceptors (Lipinski definition) is 2. The van der Waals surface area contributed by atoms with Gasteiger partial charge in [-0.3, -0.25) is 4.79 Å². The number of carbonyl (C=O) groups is 1. The highest BCUT2D eigenvalue weighted by molar-refractivity contribution is 6.31. The van der Waals surface area contributed by atoms with Crippen LogP contribution < -0.4 is 5.32 Å². The largest absolute Gasteiger partial charge is 0.378 e. The Labute approximate surface area is 121 Å². The van der Waals surface area contributed by atoms with E-state index in [0.717, 1.165) is 30.4 Å². The highest BCUT2D eigenvalue weighted by Gasteiger charge is 2.45. The molecule has 5 heteroatoms. The molecule has 1 aliphatic heterocycles. The van der Waals surface area contributed by atoms with Crippen LogP contribution >= 0.6 is 11.6 Å². The highest BCUT2D eigenvalue weighted by atomic mass is 35.5. The molecule has 2 fully saturated rings. The molecule has 1 amide bonds. The van der Waals surface area contributed by atoms with E-state index in [1.54, 1.807) is 0 Å². The van der Waals surface area contributed by atoms with Crippen LogP contribution in [0.25, 0.3) is 10.9 Å². The first-order valence-corrected chi connectivity index (χ1v) is 7.29. The molecule has 2 aliphatic rings. The fraction of sp³-hybridized carbons (Fsp3) is 0.400. The van der Waals surface area contributed by atoms with Crippen LogP contribution in [0.15, 0.2) is 24.3 Å².